The molecule has 0 aliphatic carbocycles. The van der Waals surface area contributed by atoms with Crippen molar-refractivity contribution in [2.75, 3.05) is 6.61 Å². The molecule has 0 fully saturated rings. The summed E-state index contributed by atoms with van der Waals surface area (Å²) in [4.78, 5) is 0. The fraction of sp³-hybridized carbons (Fsp3) is 0.400. The van der Waals surface area contributed by atoms with Gasteiger partial charge in [-0.25, -0.2) is 8.78 Å². The number of benzene rings is 1. The van der Waals surface area contributed by atoms with Crippen LogP contribution >= 0.6 is 0 Å². The van der Waals surface area contributed by atoms with E-state index in [1.165, 1.54) is 0 Å². The van der Waals surface area contributed by atoms with Crippen LogP contribution in [-0.4, -0.2) is 17.6 Å². The van der Waals surface area contributed by atoms with Crippen molar-refractivity contribution in [1.29, 1.82) is 0 Å². The molecular formula is C10H12F2O. The fourth-order valence-corrected chi connectivity index (χ4v) is 1.24. The fourth-order valence-electron chi connectivity index (χ4n) is 1.24. The van der Waals surface area contributed by atoms with Crippen LogP contribution in [0.2, 0.25) is 0 Å². The predicted octanol–water partition coefficient (Wildman–Crippen LogP) is 2.42. The molecule has 13 heavy (non-hydrogen) atoms. The highest BCUT2D eigenvalue weighted by Crippen LogP contribution is 2.32. The molecule has 0 aliphatic rings. The van der Waals surface area contributed by atoms with Crippen LogP contribution in [0.15, 0.2) is 30.3 Å². The molecule has 72 valence electrons. The highest BCUT2D eigenvalue weighted by molar-refractivity contribution is 5.21. The Morgan fingerprint density at radius 2 is 1.85 bits per heavy atom. The van der Waals surface area contributed by atoms with E-state index in [9.17, 15) is 8.78 Å². The minimum Gasteiger partial charge on any atom is -0.396 e. The van der Waals surface area contributed by atoms with Crippen molar-refractivity contribution in [3.05, 3.63) is 35.9 Å². The quantitative estimate of drug-likeness (QED) is 0.768. The van der Waals surface area contributed by atoms with E-state index in [2.05, 4.69) is 0 Å². The molecule has 0 aliphatic heterocycles. The zero-order chi connectivity index (χ0) is 9.90. The number of rotatable bonds is 3. The highest BCUT2D eigenvalue weighted by atomic mass is 19.3. The van der Waals surface area contributed by atoms with Crippen molar-refractivity contribution in [2.24, 2.45) is 0 Å². The van der Waals surface area contributed by atoms with Gasteiger partial charge >= 0.3 is 0 Å². The summed E-state index contributed by atoms with van der Waals surface area (Å²) < 4.78 is 25.8. The van der Waals surface area contributed by atoms with Crippen LogP contribution in [0.25, 0.3) is 0 Å². The molecular weight excluding hydrogens is 174 g/mol. The van der Waals surface area contributed by atoms with Gasteiger partial charge in [0, 0.05) is 6.92 Å². The van der Waals surface area contributed by atoms with Crippen LogP contribution in [0.4, 0.5) is 8.78 Å². The van der Waals surface area contributed by atoms with Crippen LogP contribution in [0.1, 0.15) is 18.4 Å². The summed E-state index contributed by atoms with van der Waals surface area (Å²) in [5.74, 6) is -3.98. The summed E-state index contributed by atoms with van der Waals surface area (Å²) in [7, 11) is 0. The maximum absolute atomic E-state index is 12.9. The van der Waals surface area contributed by atoms with Crippen molar-refractivity contribution < 1.29 is 13.9 Å². The van der Waals surface area contributed by atoms with Gasteiger partial charge in [0.1, 0.15) is 0 Å². The zero-order valence-corrected chi connectivity index (χ0v) is 7.37. The Kier molecular flexibility index (Phi) is 2.98. The van der Waals surface area contributed by atoms with Crippen LogP contribution < -0.4 is 0 Å². The van der Waals surface area contributed by atoms with Gasteiger partial charge in [0.25, 0.3) is 5.92 Å². The third kappa shape index (κ3) is 2.49. The summed E-state index contributed by atoms with van der Waals surface area (Å²) in [5, 5.41) is 8.84. The Labute approximate surface area is 76.0 Å². The molecule has 0 bridgehead atoms. The Bertz CT molecular complexity index is 253. The standard InChI is InChI=1S/C10H12F2O/c1-10(11,12)9(7-13)8-5-3-2-4-6-8/h2-6,9,13H,7H2,1H3. The smallest absolute Gasteiger partial charge is 0.254 e. The summed E-state index contributed by atoms with van der Waals surface area (Å²) in [6, 6.07) is 8.32. The molecule has 0 amide bonds. The lowest BCUT2D eigenvalue weighted by Crippen LogP contribution is -2.25. The first-order valence-corrected chi connectivity index (χ1v) is 4.09. The molecule has 0 saturated carbocycles. The normalized spacial score (nSPS) is 14.2. The molecule has 1 unspecified atom stereocenters. The zero-order valence-electron chi connectivity index (χ0n) is 7.37. The van der Waals surface area contributed by atoms with Gasteiger partial charge in [0.05, 0.1) is 12.5 Å². The number of hydrogen-bond acceptors (Lipinski definition) is 1. The van der Waals surface area contributed by atoms with E-state index < -0.39 is 18.4 Å². The van der Waals surface area contributed by atoms with Gasteiger partial charge in [-0.1, -0.05) is 30.3 Å². The Morgan fingerprint density at radius 1 is 1.31 bits per heavy atom. The van der Waals surface area contributed by atoms with E-state index in [1.54, 1.807) is 30.3 Å². The van der Waals surface area contributed by atoms with Crippen molar-refractivity contribution in [2.45, 2.75) is 18.8 Å². The van der Waals surface area contributed by atoms with Gasteiger partial charge < -0.3 is 5.11 Å². The van der Waals surface area contributed by atoms with Gasteiger partial charge in [-0.05, 0) is 5.56 Å². The molecule has 0 heterocycles. The molecule has 0 aromatic heterocycles. The maximum Gasteiger partial charge on any atom is 0.254 e. The summed E-state index contributed by atoms with van der Waals surface area (Å²) in [6.45, 7) is 0.286. The Hall–Kier alpha value is -0.960. The van der Waals surface area contributed by atoms with Gasteiger partial charge in [-0.2, -0.15) is 0 Å². The molecule has 1 aromatic carbocycles. The van der Waals surface area contributed by atoms with Gasteiger partial charge in [0.2, 0.25) is 0 Å². The second-order valence-electron chi connectivity index (χ2n) is 3.10. The number of hydrogen-bond donors (Lipinski definition) is 1. The minimum atomic E-state index is -2.88. The largest absolute Gasteiger partial charge is 0.396 e. The SMILES string of the molecule is CC(F)(F)C(CO)c1ccccc1. The summed E-state index contributed by atoms with van der Waals surface area (Å²) in [5.41, 5.74) is 0.470. The minimum absolute atomic E-state index is 0.470. The van der Waals surface area contributed by atoms with Crippen molar-refractivity contribution >= 4 is 0 Å². The first-order valence-electron chi connectivity index (χ1n) is 4.09. The molecule has 0 spiro atoms. The van der Waals surface area contributed by atoms with Crippen LogP contribution in [0, 0.1) is 0 Å². The lowest BCUT2D eigenvalue weighted by atomic mass is 9.94. The van der Waals surface area contributed by atoms with Gasteiger partial charge in [-0.15, -0.1) is 0 Å². The van der Waals surface area contributed by atoms with Crippen molar-refractivity contribution in [1.82, 2.24) is 0 Å². The van der Waals surface area contributed by atoms with Crippen LogP contribution in [0.5, 0.6) is 0 Å². The number of halogens is 2. The molecule has 1 nitrogen and oxygen atoms in total. The average molecular weight is 186 g/mol. The second-order valence-corrected chi connectivity index (χ2v) is 3.10. The molecule has 3 heteroatoms. The molecule has 1 rings (SSSR count). The summed E-state index contributed by atoms with van der Waals surface area (Å²) >= 11 is 0. The lowest BCUT2D eigenvalue weighted by Gasteiger charge is -2.21. The summed E-state index contributed by atoms with van der Waals surface area (Å²) in [6.07, 6.45) is 0. The number of alkyl halides is 2. The van der Waals surface area contributed by atoms with Crippen LogP contribution in [-0.2, 0) is 0 Å². The second kappa shape index (κ2) is 3.83. The number of aliphatic hydroxyl groups is 1. The first-order chi connectivity index (χ1) is 6.05. The Balaban J connectivity index is 2.92. The van der Waals surface area contributed by atoms with E-state index in [0.29, 0.717) is 5.56 Å². The lowest BCUT2D eigenvalue weighted by molar-refractivity contribution is -0.0253. The molecule has 1 N–H and O–H groups in total. The first kappa shape index (κ1) is 10.1. The van der Waals surface area contributed by atoms with Crippen molar-refractivity contribution in [3.63, 3.8) is 0 Å². The monoisotopic (exact) mass is 186 g/mol. The maximum atomic E-state index is 12.9. The highest BCUT2D eigenvalue weighted by Gasteiger charge is 2.34. The number of aliphatic hydroxyl groups excluding tert-OH is 1. The predicted molar refractivity (Wildman–Crippen MR) is 46.9 cm³/mol. The topological polar surface area (TPSA) is 20.2 Å². The molecule has 1 aromatic rings. The van der Waals surface area contributed by atoms with Gasteiger partial charge in [-0.3, -0.25) is 0 Å². The van der Waals surface area contributed by atoms with Crippen molar-refractivity contribution in [3.8, 4) is 0 Å². The van der Waals surface area contributed by atoms with Crippen LogP contribution in [0.3, 0.4) is 0 Å². The van der Waals surface area contributed by atoms with E-state index >= 15 is 0 Å². The van der Waals surface area contributed by atoms with E-state index in [1.807, 2.05) is 0 Å². The van der Waals surface area contributed by atoms with E-state index in [-0.39, 0.29) is 0 Å². The Morgan fingerprint density at radius 3 is 2.23 bits per heavy atom. The molecule has 1 atom stereocenters. The molecule has 0 saturated heterocycles. The average Bonchev–Trinajstić information content (AvgIpc) is 2.05. The van der Waals surface area contributed by atoms with Gasteiger partial charge in [0.15, 0.2) is 0 Å². The third-order valence-electron chi connectivity index (χ3n) is 2.00. The third-order valence-corrected chi connectivity index (χ3v) is 2.00. The van der Waals surface area contributed by atoms with E-state index in [4.69, 9.17) is 5.11 Å². The molecule has 0 radical (unpaired) electrons. The van der Waals surface area contributed by atoms with E-state index in [0.717, 1.165) is 6.92 Å².